The van der Waals surface area contributed by atoms with Crippen molar-refractivity contribution in [3.05, 3.63) is 75.5 Å². The first kappa shape index (κ1) is 26.0. The predicted molar refractivity (Wildman–Crippen MR) is 146 cm³/mol. The molecule has 0 saturated carbocycles. The second-order valence-electron chi connectivity index (χ2n) is 10.5. The minimum atomic E-state index is -0.793. The number of H-pyrrole nitrogens is 1. The van der Waals surface area contributed by atoms with Crippen LogP contribution in [0.1, 0.15) is 36.2 Å². The molecule has 1 amide bonds. The van der Waals surface area contributed by atoms with Crippen molar-refractivity contribution in [1.29, 1.82) is 0 Å². The van der Waals surface area contributed by atoms with E-state index in [4.69, 9.17) is 10.7 Å². The number of hydrogen-bond acceptors (Lipinski definition) is 8. The summed E-state index contributed by atoms with van der Waals surface area (Å²) >= 11 is 1.41. The molecule has 1 aromatic carbocycles. The van der Waals surface area contributed by atoms with E-state index in [9.17, 15) is 23.5 Å². The van der Waals surface area contributed by atoms with Crippen molar-refractivity contribution in [3.8, 4) is 11.1 Å². The Morgan fingerprint density at radius 1 is 1.18 bits per heavy atom. The highest BCUT2D eigenvalue weighted by Gasteiger charge is 2.38. The highest BCUT2D eigenvalue weighted by atomic mass is 32.1. The molecule has 1 fully saturated rings. The molecule has 1 aliphatic rings. The summed E-state index contributed by atoms with van der Waals surface area (Å²) in [5.74, 6) is -2.71. The molecule has 5 aromatic rings. The van der Waals surface area contributed by atoms with E-state index < -0.39 is 34.8 Å². The first-order chi connectivity index (χ1) is 19.0. The molecule has 1 aliphatic heterocycles. The molecular weight excluding hydrogens is 540 g/mol. The van der Waals surface area contributed by atoms with Crippen LogP contribution < -0.4 is 16.3 Å². The van der Waals surface area contributed by atoms with Gasteiger partial charge in [-0.25, -0.2) is 28.1 Å². The van der Waals surface area contributed by atoms with E-state index in [0.717, 1.165) is 10.8 Å². The highest BCUT2D eigenvalue weighted by Crippen LogP contribution is 2.40. The van der Waals surface area contributed by atoms with E-state index in [1.54, 1.807) is 19.9 Å². The fraction of sp³-hybridized carbons (Fsp3) is 0.296. The Balaban J connectivity index is 1.55. The van der Waals surface area contributed by atoms with Gasteiger partial charge in [-0.15, -0.1) is 0 Å². The van der Waals surface area contributed by atoms with Crippen LogP contribution in [0.2, 0.25) is 0 Å². The number of β-amino-alcohol motifs (C(OH)–C–C–N with tert-alkyl or cyclic N) is 1. The molecule has 0 unspecified atom stereocenters. The molecule has 6 rings (SSSR count). The zero-order chi connectivity index (χ0) is 28.3. The van der Waals surface area contributed by atoms with Gasteiger partial charge >= 0.3 is 5.69 Å². The van der Waals surface area contributed by atoms with Gasteiger partial charge in [0, 0.05) is 35.2 Å². The number of halogens is 2. The molecule has 4 aromatic heterocycles. The number of nitrogens with two attached hydrogens (primary N) is 1. The van der Waals surface area contributed by atoms with E-state index >= 15 is 0 Å². The van der Waals surface area contributed by atoms with Crippen molar-refractivity contribution in [3.63, 3.8) is 0 Å². The van der Waals surface area contributed by atoms with Crippen LogP contribution in [-0.4, -0.2) is 54.3 Å². The second-order valence-corrected chi connectivity index (χ2v) is 11.5. The number of amides is 1. The van der Waals surface area contributed by atoms with Gasteiger partial charge in [0.1, 0.15) is 11.6 Å². The molecule has 4 N–H and O–H groups in total. The lowest BCUT2D eigenvalue weighted by Crippen LogP contribution is -2.60. The maximum Gasteiger partial charge on any atom is 0.347 e. The Bertz CT molecular complexity index is 1830. The average molecular weight is 566 g/mol. The third-order valence-corrected chi connectivity index (χ3v) is 8.14. The third-order valence-electron chi connectivity index (χ3n) is 7.09. The molecule has 0 spiro atoms. The number of carbonyl (C=O) groups excluding carboxylic acids is 1. The van der Waals surface area contributed by atoms with Gasteiger partial charge in [0.15, 0.2) is 16.4 Å². The van der Waals surface area contributed by atoms with Gasteiger partial charge in [0.25, 0.3) is 0 Å². The van der Waals surface area contributed by atoms with Crippen LogP contribution in [0.25, 0.3) is 27.1 Å². The normalized spacial score (nSPS) is 15.5. The fourth-order valence-electron chi connectivity index (χ4n) is 5.39. The number of aromatic nitrogens is 5. The number of pyridine rings is 2. The van der Waals surface area contributed by atoms with Crippen LogP contribution in [-0.2, 0) is 11.2 Å². The summed E-state index contributed by atoms with van der Waals surface area (Å²) in [6.07, 6.45) is -0.0510. The first-order valence-corrected chi connectivity index (χ1v) is 13.4. The number of fused-ring (bicyclic) bond motifs is 2. The molecule has 1 atom stereocenters. The van der Waals surface area contributed by atoms with Gasteiger partial charge in [-0.2, -0.15) is 10.1 Å². The first-order valence-electron chi connectivity index (χ1n) is 12.6. The van der Waals surface area contributed by atoms with E-state index in [1.807, 2.05) is 17.0 Å². The Hall–Kier alpha value is -4.23. The van der Waals surface area contributed by atoms with Crippen molar-refractivity contribution in [2.75, 3.05) is 18.0 Å². The van der Waals surface area contributed by atoms with Crippen molar-refractivity contribution < 1.29 is 18.7 Å². The molecule has 0 aliphatic carbocycles. The van der Waals surface area contributed by atoms with E-state index in [1.165, 1.54) is 27.9 Å². The van der Waals surface area contributed by atoms with E-state index in [2.05, 4.69) is 15.2 Å². The monoisotopic (exact) mass is 565 g/mol. The lowest BCUT2D eigenvalue weighted by atomic mass is 9.87. The zero-order valence-electron chi connectivity index (χ0n) is 21.6. The largest absolute Gasteiger partial charge is 0.386 e. The number of aromatic amines is 1. The fourth-order valence-corrected chi connectivity index (χ4v) is 6.34. The summed E-state index contributed by atoms with van der Waals surface area (Å²) < 4.78 is 30.3. The number of benzene rings is 1. The summed E-state index contributed by atoms with van der Waals surface area (Å²) in [7, 11) is 0. The maximum absolute atomic E-state index is 14.1. The molecule has 10 nitrogen and oxygen atoms in total. The summed E-state index contributed by atoms with van der Waals surface area (Å²) in [5.41, 5.74) is 8.01. The number of thiazole rings is 1. The van der Waals surface area contributed by atoms with Crippen LogP contribution in [0.5, 0.6) is 0 Å². The van der Waals surface area contributed by atoms with Crippen molar-refractivity contribution in [1.82, 2.24) is 24.6 Å². The van der Waals surface area contributed by atoms with Gasteiger partial charge in [-0.1, -0.05) is 11.3 Å². The molecule has 206 valence electrons. The topological polar surface area (TPSA) is 142 Å². The minimum absolute atomic E-state index is 0.0854. The van der Waals surface area contributed by atoms with Crippen LogP contribution in [0.3, 0.4) is 0 Å². The van der Waals surface area contributed by atoms with Crippen LogP contribution in [0.4, 0.5) is 13.9 Å². The van der Waals surface area contributed by atoms with Crippen LogP contribution in [0.15, 0.2) is 41.2 Å². The lowest BCUT2D eigenvalue weighted by Gasteiger charge is -2.43. The van der Waals surface area contributed by atoms with Gasteiger partial charge in [0.05, 0.1) is 29.1 Å². The van der Waals surface area contributed by atoms with Gasteiger partial charge in [0.2, 0.25) is 5.91 Å². The number of aryl methyl sites for hydroxylation is 1. The smallest absolute Gasteiger partial charge is 0.347 e. The average Bonchev–Trinajstić information content (AvgIpc) is 3.44. The van der Waals surface area contributed by atoms with E-state index in [-0.39, 0.29) is 12.8 Å². The van der Waals surface area contributed by atoms with Crippen LogP contribution >= 0.6 is 11.3 Å². The number of rotatable bonds is 7. The quantitative estimate of drug-likeness (QED) is 0.275. The SMILES string of the molecule is Cc1c(-c2cc3sc(N4CC(C)(O)C4)nc3nc2[C@H](CC(N)=O)Cc2cc(F)cc(F)c2)ccc2n[nH]c(=O)n12. The van der Waals surface area contributed by atoms with Gasteiger partial charge in [-0.05, 0) is 56.2 Å². The molecule has 1 saturated heterocycles. The number of nitrogens with one attached hydrogen (secondary N) is 1. The Morgan fingerprint density at radius 2 is 1.90 bits per heavy atom. The summed E-state index contributed by atoms with van der Waals surface area (Å²) in [4.78, 5) is 36.2. The zero-order valence-corrected chi connectivity index (χ0v) is 22.4. The standard InChI is InChI=1S/C27H25F2N7O3S/c1-13-18(3-4-22-33-34-25(38)36(13)22)19-10-20-24(32-26(40-20)35-11-27(2,39)12-35)31-23(19)15(8-21(30)37)5-14-6-16(28)9-17(29)7-14/h3-4,6-7,9-10,15,39H,5,8,11-12H2,1-2H3,(H2,30,37)(H,34,38)/t15-/m0/s1. The van der Waals surface area contributed by atoms with E-state index in [0.29, 0.717) is 57.6 Å². The third kappa shape index (κ3) is 4.71. The maximum atomic E-state index is 14.1. The van der Waals surface area contributed by atoms with Crippen molar-refractivity contribution >= 4 is 38.4 Å². The van der Waals surface area contributed by atoms with Gasteiger partial charge in [-0.3, -0.25) is 4.79 Å². The Labute approximate surface area is 230 Å². The second kappa shape index (κ2) is 9.45. The molecule has 5 heterocycles. The number of carbonyl (C=O) groups is 1. The number of primary amides is 1. The number of hydrogen-bond donors (Lipinski definition) is 3. The minimum Gasteiger partial charge on any atom is -0.386 e. The number of nitrogens with zero attached hydrogens (tertiary/aromatic N) is 5. The molecular formula is C27H25F2N7O3S. The van der Waals surface area contributed by atoms with Crippen molar-refractivity contribution in [2.24, 2.45) is 5.73 Å². The van der Waals surface area contributed by atoms with Crippen molar-refractivity contribution in [2.45, 2.75) is 38.2 Å². The summed E-state index contributed by atoms with van der Waals surface area (Å²) in [6, 6.07) is 8.63. The lowest BCUT2D eigenvalue weighted by molar-refractivity contribution is -0.118. The molecule has 0 bridgehead atoms. The predicted octanol–water partition coefficient (Wildman–Crippen LogP) is 3.05. The summed E-state index contributed by atoms with van der Waals surface area (Å²) in [6.45, 7) is 4.40. The number of aliphatic hydroxyl groups is 1. The molecule has 40 heavy (non-hydrogen) atoms. The summed E-state index contributed by atoms with van der Waals surface area (Å²) in [5, 5.41) is 17.4. The number of anilines is 1. The Morgan fingerprint density at radius 3 is 2.58 bits per heavy atom. The van der Waals surface area contributed by atoms with Gasteiger partial charge < -0.3 is 15.7 Å². The molecule has 13 heteroatoms. The molecule has 0 radical (unpaired) electrons. The highest BCUT2D eigenvalue weighted by molar-refractivity contribution is 7.22. The Kier molecular flexibility index (Phi) is 6.15. The van der Waals surface area contributed by atoms with Crippen LogP contribution in [0, 0.1) is 18.6 Å².